The van der Waals surface area contributed by atoms with Crippen LogP contribution in [0.3, 0.4) is 0 Å². The van der Waals surface area contributed by atoms with Gasteiger partial charge in [-0.2, -0.15) is 0 Å². The van der Waals surface area contributed by atoms with Gasteiger partial charge in [-0.3, -0.25) is 14.4 Å². The topological polar surface area (TPSA) is 93.7 Å². The van der Waals surface area contributed by atoms with Gasteiger partial charge in [0.1, 0.15) is 0 Å². The van der Waals surface area contributed by atoms with Gasteiger partial charge in [-0.15, -0.1) is 11.8 Å². The number of fused-ring (bicyclic) bond motifs is 1. The lowest BCUT2D eigenvalue weighted by Gasteiger charge is -2.23. The third-order valence-corrected chi connectivity index (χ3v) is 4.62. The van der Waals surface area contributed by atoms with Gasteiger partial charge in [0.05, 0.1) is 24.0 Å². The Balaban J connectivity index is 1.84. The van der Waals surface area contributed by atoms with Crippen LogP contribution in [0.2, 0.25) is 0 Å². The van der Waals surface area contributed by atoms with Gasteiger partial charge in [0.2, 0.25) is 5.91 Å². The van der Waals surface area contributed by atoms with E-state index in [1.54, 1.807) is 6.07 Å². The lowest BCUT2D eigenvalue weighted by molar-refractivity contribution is -0.155. The number of ether oxygens (including phenoxy) is 2. The van der Waals surface area contributed by atoms with Crippen LogP contribution in [-0.2, 0) is 23.9 Å². The maximum atomic E-state index is 12.1. The fourth-order valence-corrected chi connectivity index (χ4v) is 3.19. The largest absolute Gasteiger partial charge is 0.453 e. The number of benzene rings is 1. The first-order valence-corrected chi connectivity index (χ1v) is 8.42. The summed E-state index contributed by atoms with van der Waals surface area (Å²) in [6.07, 6.45) is -1.01. The van der Waals surface area contributed by atoms with E-state index in [9.17, 15) is 14.4 Å². The van der Waals surface area contributed by atoms with E-state index in [1.165, 1.54) is 25.8 Å². The number of nitrogens with one attached hydrogen (secondary N) is 2. The highest BCUT2D eigenvalue weighted by Crippen LogP contribution is 2.36. The van der Waals surface area contributed by atoms with E-state index in [-0.39, 0.29) is 12.3 Å². The van der Waals surface area contributed by atoms with E-state index >= 15 is 0 Å². The average Bonchev–Trinajstić information content (AvgIpc) is 2.55. The number of rotatable bonds is 7. The molecule has 1 aliphatic rings. The van der Waals surface area contributed by atoms with E-state index in [4.69, 9.17) is 9.47 Å². The van der Waals surface area contributed by atoms with Crippen LogP contribution in [0.5, 0.6) is 0 Å². The minimum Gasteiger partial charge on any atom is -0.453 e. The molecule has 1 aliphatic heterocycles. The van der Waals surface area contributed by atoms with Gasteiger partial charge in [0.15, 0.2) is 6.10 Å². The number of amides is 2. The van der Waals surface area contributed by atoms with Crippen molar-refractivity contribution < 1.29 is 23.9 Å². The van der Waals surface area contributed by atoms with Crippen molar-refractivity contribution in [3.63, 3.8) is 0 Å². The summed E-state index contributed by atoms with van der Waals surface area (Å²) < 4.78 is 9.92. The summed E-state index contributed by atoms with van der Waals surface area (Å²) in [4.78, 5) is 36.7. The fraction of sp³-hybridized carbons (Fsp3) is 0.438. The van der Waals surface area contributed by atoms with Crippen LogP contribution < -0.4 is 10.6 Å². The number of hydrogen-bond donors (Lipinski definition) is 2. The molecule has 8 heteroatoms. The van der Waals surface area contributed by atoms with Crippen LogP contribution in [0.25, 0.3) is 0 Å². The molecule has 0 unspecified atom stereocenters. The quantitative estimate of drug-likeness (QED) is 0.565. The predicted molar refractivity (Wildman–Crippen MR) is 89.8 cm³/mol. The third kappa shape index (κ3) is 4.97. The van der Waals surface area contributed by atoms with Gasteiger partial charge in [-0.25, -0.2) is 0 Å². The number of esters is 1. The molecule has 2 atom stereocenters. The number of carbonyl (C=O) groups is 3. The highest BCUT2D eigenvalue weighted by molar-refractivity contribution is 8.01. The van der Waals surface area contributed by atoms with Crippen molar-refractivity contribution in [1.82, 2.24) is 5.32 Å². The molecule has 2 N–H and O–H groups in total. The first-order chi connectivity index (χ1) is 11.5. The number of methoxy groups -OCH3 is 1. The molecular weight excluding hydrogens is 332 g/mol. The summed E-state index contributed by atoms with van der Waals surface area (Å²) in [5.41, 5.74) is 0.739. The molecule has 0 spiro atoms. The van der Waals surface area contributed by atoms with Gasteiger partial charge in [-0.1, -0.05) is 12.1 Å². The molecule has 130 valence electrons. The molecule has 2 amide bonds. The summed E-state index contributed by atoms with van der Waals surface area (Å²) >= 11 is 1.32. The molecular formula is C16H20N2O5S. The first-order valence-electron chi connectivity index (χ1n) is 7.54. The predicted octanol–water partition coefficient (Wildman–Crippen LogP) is 1.18. The average molecular weight is 352 g/mol. The smallest absolute Gasteiger partial charge is 0.308 e. The Morgan fingerprint density at radius 1 is 1.38 bits per heavy atom. The van der Waals surface area contributed by atoms with Gasteiger partial charge in [-0.05, 0) is 19.1 Å². The molecule has 1 aromatic carbocycles. The standard InChI is InChI=1S/C16H20N2O5S/c1-10(15(20)17-7-8-22-2)23-14(19)9-13-16(21)18-11-5-3-4-6-12(11)24-13/h3-6,10,13H,7-9H2,1-2H3,(H,17,20)(H,18,21)/t10-,13+/m1/s1. The second-order valence-electron chi connectivity index (χ2n) is 5.21. The van der Waals surface area contributed by atoms with Crippen molar-refractivity contribution in [2.24, 2.45) is 0 Å². The molecule has 2 rings (SSSR count). The van der Waals surface area contributed by atoms with Crippen LogP contribution in [-0.4, -0.2) is 49.4 Å². The molecule has 0 saturated heterocycles. The molecule has 7 nitrogen and oxygen atoms in total. The van der Waals surface area contributed by atoms with Gasteiger partial charge in [0, 0.05) is 18.6 Å². The number of anilines is 1. The zero-order valence-corrected chi connectivity index (χ0v) is 14.4. The Kier molecular flexibility index (Phi) is 6.62. The van der Waals surface area contributed by atoms with Crippen LogP contribution >= 0.6 is 11.8 Å². The highest BCUT2D eigenvalue weighted by atomic mass is 32.2. The molecule has 0 aliphatic carbocycles. The molecule has 0 aromatic heterocycles. The summed E-state index contributed by atoms with van der Waals surface area (Å²) in [6, 6.07) is 7.38. The van der Waals surface area contributed by atoms with Crippen LogP contribution in [0.1, 0.15) is 13.3 Å². The molecule has 1 heterocycles. The Morgan fingerprint density at radius 2 is 2.12 bits per heavy atom. The van der Waals surface area contributed by atoms with Crippen LogP contribution in [0.15, 0.2) is 29.2 Å². The van der Waals surface area contributed by atoms with E-state index in [0.717, 1.165) is 10.6 Å². The zero-order valence-electron chi connectivity index (χ0n) is 13.5. The molecule has 0 radical (unpaired) electrons. The number of para-hydroxylation sites is 1. The molecule has 0 saturated carbocycles. The lowest BCUT2D eigenvalue weighted by atomic mass is 10.2. The maximum Gasteiger partial charge on any atom is 0.308 e. The van der Waals surface area contributed by atoms with E-state index in [2.05, 4.69) is 10.6 Å². The first kappa shape index (κ1) is 18.3. The monoisotopic (exact) mass is 352 g/mol. The van der Waals surface area contributed by atoms with Crippen molar-refractivity contribution in [2.75, 3.05) is 25.6 Å². The minimum absolute atomic E-state index is 0.0967. The fourth-order valence-electron chi connectivity index (χ4n) is 2.10. The third-order valence-electron chi connectivity index (χ3n) is 3.34. The van der Waals surface area contributed by atoms with E-state index < -0.39 is 23.2 Å². The molecule has 24 heavy (non-hydrogen) atoms. The number of hydrogen-bond acceptors (Lipinski definition) is 6. The second-order valence-corrected chi connectivity index (χ2v) is 6.46. The molecule has 0 fully saturated rings. The Labute approximate surface area is 144 Å². The number of carbonyl (C=O) groups excluding carboxylic acids is 3. The summed E-state index contributed by atoms with van der Waals surface area (Å²) in [5, 5.41) is 4.78. The summed E-state index contributed by atoms with van der Waals surface area (Å²) in [7, 11) is 1.53. The van der Waals surface area contributed by atoms with Gasteiger partial charge in [0.25, 0.3) is 5.91 Å². The van der Waals surface area contributed by atoms with E-state index in [0.29, 0.717) is 13.2 Å². The SMILES string of the molecule is COCCNC(=O)[C@@H](C)OC(=O)C[C@@H]1Sc2ccccc2NC1=O. The summed E-state index contributed by atoms with van der Waals surface area (Å²) in [6.45, 7) is 2.21. The van der Waals surface area contributed by atoms with Crippen LogP contribution in [0.4, 0.5) is 5.69 Å². The second kappa shape index (κ2) is 8.70. The minimum atomic E-state index is -0.918. The Hall–Kier alpha value is -2.06. The molecule has 0 bridgehead atoms. The Morgan fingerprint density at radius 3 is 2.88 bits per heavy atom. The van der Waals surface area contributed by atoms with Crippen LogP contribution in [0, 0.1) is 0 Å². The Bertz CT molecular complexity index is 622. The van der Waals surface area contributed by atoms with E-state index in [1.807, 2.05) is 18.2 Å². The number of thioether (sulfide) groups is 1. The zero-order chi connectivity index (χ0) is 17.5. The van der Waals surface area contributed by atoms with Gasteiger partial charge >= 0.3 is 5.97 Å². The van der Waals surface area contributed by atoms with Crippen molar-refractivity contribution in [2.45, 2.75) is 29.6 Å². The van der Waals surface area contributed by atoms with Gasteiger partial charge < -0.3 is 20.1 Å². The molecule has 1 aromatic rings. The van der Waals surface area contributed by atoms with Crippen molar-refractivity contribution in [3.05, 3.63) is 24.3 Å². The summed E-state index contributed by atoms with van der Waals surface area (Å²) in [5.74, 6) is -1.23. The van der Waals surface area contributed by atoms with Crippen molar-refractivity contribution in [1.29, 1.82) is 0 Å². The van der Waals surface area contributed by atoms with Crippen molar-refractivity contribution in [3.8, 4) is 0 Å². The van der Waals surface area contributed by atoms with Crippen molar-refractivity contribution >= 4 is 35.2 Å². The normalized spacial score (nSPS) is 17.4. The lowest BCUT2D eigenvalue weighted by Crippen LogP contribution is -2.38. The highest BCUT2D eigenvalue weighted by Gasteiger charge is 2.30. The maximum absolute atomic E-state index is 12.1.